The fraction of sp³-hybridized carbons (Fsp3) is 0.192. The average molecular weight is 537 g/mol. The number of amides is 1. The highest BCUT2D eigenvalue weighted by molar-refractivity contribution is 9.10. The average Bonchev–Trinajstić information content (AvgIpc) is 3.25. The maximum absolute atomic E-state index is 12.6. The van der Waals surface area contributed by atoms with Crippen LogP contribution in [0, 0.1) is 13.8 Å². The van der Waals surface area contributed by atoms with Crippen LogP contribution in [0.1, 0.15) is 18.1 Å². The fourth-order valence-electron chi connectivity index (χ4n) is 3.39. The first-order valence-corrected chi connectivity index (χ1v) is 12.7. The number of aryl methyl sites for hydroxylation is 2. The Morgan fingerprint density at radius 1 is 1.03 bits per heavy atom. The van der Waals surface area contributed by atoms with E-state index in [1.54, 1.807) is 0 Å². The first-order valence-electron chi connectivity index (χ1n) is 10.9. The number of hydrogen-bond donors (Lipinski definition) is 1. The van der Waals surface area contributed by atoms with E-state index >= 15 is 0 Å². The minimum atomic E-state index is -0.107. The summed E-state index contributed by atoms with van der Waals surface area (Å²) in [5.74, 6) is 1.62. The van der Waals surface area contributed by atoms with Gasteiger partial charge in [0.05, 0.1) is 12.4 Å². The minimum Gasteiger partial charge on any atom is -0.494 e. The molecule has 4 aromatic rings. The van der Waals surface area contributed by atoms with E-state index in [-0.39, 0.29) is 11.7 Å². The van der Waals surface area contributed by atoms with Gasteiger partial charge in [0.2, 0.25) is 5.91 Å². The smallest absolute Gasteiger partial charge is 0.234 e. The van der Waals surface area contributed by atoms with Crippen LogP contribution < -0.4 is 10.1 Å². The van der Waals surface area contributed by atoms with Gasteiger partial charge in [-0.1, -0.05) is 57.5 Å². The first kappa shape index (κ1) is 24.0. The summed E-state index contributed by atoms with van der Waals surface area (Å²) in [4.78, 5) is 12.6. The van der Waals surface area contributed by atoms with Crippen LogP contribution in [0.3, 0.4) is 0 Å². The monoisotopic (exact) mass is 536 g/mol. The van der Waals surface area contributed by atoms with Crippen LogP contribution in [-0.4, -0.2) is 33.0 Å². The number of carbonyl (C=O) groups excluding carboxylic acids is 1. The van der Waals surface area contributed by atoms with Crippen molar-refractivity contribution in [1.82, 2.24) is 14.8 Å². The van der Waals surface area contributed by atoms with Gasteiger partial charge in [0, 0.05) is 21.4 Å². The Labute approximate surface area is 211 Å². The summed E-state index contributed by atoms with van der Waals surface area (Å²) < 4.78 is 8.57. The van der Waals surface area contributed by atoms with Crippen molar-refractivity contribution >= 4 is 39.3 Å². The van der Waals surface area contributed by atoms with Crippen LogP contribution in [-0.2, 0) is 4.79 Å². The highest BCUT2D eigenvalue weighted by Gasteiger charge is 2.17. The lowest BCUT2D eigenvalue weighted by Crippen LogP contribution is -2.14. The molecule has 1 amide bonds. The quantitative estimate of drug-likeness (QED) is 0.262. The van der Waals surface area contributed by atoms with Gasteiger partial charge in [-0.05, 0) is 68.8 Å². The fourth-order valence-corrected chi connectivity index (χ4v) is 4.39. The molecular formula is C26H25BrN4O2S. The molecule has 0 atom stereocenters. The summed E-state index contributed by atoms with van der Waals surface area (Å²) in [5, 5.41) is 12.5. The van der Waals surface area contributed by atoms with Gasteiger partial charge in [-0.3, -0.25) is 9.36 Å². The Morgan fingerprint density at radius 2 is 1.76 bits per heavy atom. The van der Waals surface area contributed by atoms with Crippen molar-refractivity contribution in [3.63, 3.8) is 0 Å². The van der Waals surface area contributed by atoms with E-state index in [0.29, 0.717) is 11.8 Å². The SMILES string of the molecule is CCOc1ccc(-n2c(SCC(=O)Nc3ccc(Br)c(C)c3)nnc2-c2ccc(C)cc2)cc1. The van der Waals surface area contributed by atoms with Gasteiger partial charge >= 0.3 is 0 Å². The standard InChI is InChI=1S/C26H25BrN4O2S/c1-4-33-22-12-10-21(11-13-22)31-25(19-7-5-17(2)6-8-19)29-30-26(31)34-16-24(32)28-20-9-14-23(27)18(3)15-20/h5-15H,4,16H2,1-3H3,(H,28,32). The van der Waals surface area contributed by atoms with Crippen LogP contribution in [0.2, 0.25) is 0 Å². The molecule has 8 heteroatoms. The third-order valence-electron chi connectivity index (χ3n) is 5.12. The second-order valence-electron chi connectivity index (χ2n) is 7.74. The van der Waals surface area contributed by atoms with Crippen LogP contribution in [0.5, 0.6) is 5.75 Å². The van der Waals surface area contributed by atoms with Gasteiger partial charge in [-0.15, -0.1) is 10.2 Å². The number of carbonyl (C=O) groups is 1. The maximum atomic E-state index is 12.6. The molecule has 1 heterocycles. The van der Waals surface area contributed by atoms with Crippen molar-refractivity contribution in [2.75, 3.05) is 17.7 Å². The number of thioether (sulfide) groups is 1. The van der Waals surface area contributed by atoms with E-state index in [9.17, 15) is 4.79 Å². The van der Waals surface area contributed by atoms with Crippen molar-refractivity contribution in [3.05, 3.63) is 82.3 Å². The zero-order chi connectivity index (χ0) is 24.1. The van der Waals surface area contributed by atoms with Gasteiger partial charge in [0.15, 0.2) is 11.0 Å². The first-order chi connectivity index (χ1) is 16.4. The Balaban J connectivity index is 1.59. The lowest BCUT2D eigenvalue weighted by molar-refractivity contribution is -0.113. The van der Waals surface area contributed by atoms with Gasteiger partial charge in [0.1, 0.15) is 5.75 Å². The second-order valence-corrected chi connectivity index (χ2v) is 9.53. The molecule has 6 nitrogen and oxygen atoms in total. The number of ether oxygens (including phenoxy) is 1. The van der Waals surface area contributed by atoms with Gasteiger partial charge in [-0.25, -0.2) is 0 Å². The van der Waals surface area contributed by atoms with Crippen molar-refractivity contribution in [1.29, 1.82) is 0 Å². The summed E-state index contributed by atoms with van der Waals surface area (Å²) >= 11 is 4.83. The zero-order valence-corrected chi connectivity index (χ0v) is 21.6. The molecule has 1 aromatic heterocycles. The molecule has 0 aliphatic rings. The molecule has 0 fully saturated rings. The van der Waals surface area contributed by atoms with Crippen LogP contribution >= 0.6 is 27.7 Å². The molecule has 174 valence electrons. The second kappa shape index (κ2) is 10.9. The molecular weight excluding hydrogens is 512 g/mol. The molecule has 34 heavy (non-hydrogen) atoms. The predicted octanol–water partition coefficient (Wildman–Crippen LogP) is 6.44. The van der Waals surface area contributed by atoms with E-state index in [1.807, 2.05) is 92.1 Å². The number of hydrogen-bond acceptors (Lipinski definition) is 5. The van der Waals surface area contributed by atoms with Gasteiger partial charge < -0.3 is 10.1 Å². The van der Waals surface area contributed by atoms with Crippen molar-refractivity contribution < 1.29 is 9.53 Å². The highest BCUT2D eigenvalue weighted by atomic mass is 79.9. The number of anilines is 1. The summed E-state index contributed by atoms with van der Waals surface area (Å²) in [6, 6.07) is 21.7. The Kier molecular flexibility index (Phi) is 7.70. The molecule has 4 rings (SSSR count). The van der Waals surface area contributed by atoms with E-state index in [4.69, 9.17) is 4.74 Å². The molecule has 0 aliphatic heterocycles. The van der Waals surface area contributed by atoms with E-state index in [2.05, 4.69) is 31.4 Å². The number of aromatic nitrogens is 3. The van der Waals surface area contributed by atoms with Crippen LogP contribution in [0.15, 0.2) is 76.4 Å². The molecule has 0 saturated carbocycles. The number of benzene rings is 3. The van der Waals surface area contributed by atoms with Crippen molar-refractivity contribution in [2.45, 2.75) is 25.9 Å². The zero-order valence-electron chi connectivity index (χ0n) is 19.2. The third-order valence-corrected chi connectivity index (χ3v) is 6.94. The predicted molar refractivity (Wildman–Crippen MR) is 141 cm³/mol. The highest BCUT2D eigenvalue weighted by Crippen LogP contribution is 2.29. The summed E-state index contributed by atoms with van der Waals surface area (Å²) in [5.41, 5.74) is 4.84. The minimum absolute atomic E-state index is 0.107. The molecule has 0 radical (unpaired) electrons. The lowest BCUT2D eigenvalue weighted by Gasteiger charge is -2.12. The Hall–Kier alpha value is -3.10. The molecule has 0 aliphatic carbocycles. The summed E-state index contributed by atoms with van der Waals surface area (Å²) in [6.45, 7) is 6.60. The molecule has 0 unspecified atom stereocenters. The topological polar surface area (TPSA) is 69.0 Å². The normalized spacial score (nSPS) is 10.8. The Morgan fingerprint density at radius 3 is 2.44 bits per heavy atom. The largest absolute Gasteiger partial charge is 0.494 e. The summed E-state index contributed by atoms with van der Waals surface area (Å²) in [6.07, 6.45) is 0. The van der Waals surface area contributed by atoms with Crippen LogP contribution in [0.4, 0.5) is 5.69 Å². The number of nitrogens with zero attached hydrogens (tertiary/aromatic N) is 3. The van der Waals surface area contributed by atoms with Gasteiger partial charge in [-0.2, -0.15) is 0 Å². The Bertz CT molecular complexity index is 1290. The maximum Gasteiger partial charge on any atom is 0.234 e. The molecule has 1 N–H and O–H groups in total. The van der Waals surface area contributed by atoms with Crippen molar-refractivity contribution in [3.8, 4) is 22.8 Å². The third kappa shape index (κ3) is 5.69. The molecule has 0 spiro atoms. The van der Waals surface area contributed by atoms with E-state index in [1.165, 1.54) is 17.3 Å². The van der Waals surface area contributed by atoms with Crippen LogP contribution in [0.25, 0.3) is 17.1 Å². The molecule has 3 aromatic carbocycles. The molecule has 0 bridgehead atoms. The molecule has 0 saturated heterocycles. The van der Waals surface area contributed by atoms with Crippen molar-refractivity contribution in [2.24, 2.45) is 0 Å². The van der Waals surface area contributed by atoms with E-state index < -0.39 is 0 Å². The summed E-state index contributed by atoms with van der Waals surface area (Å²) in [7, 11) is 0. The lowest BCUT2D eigenvalue weighted by atomic mass is 10.1. The number of nitrogens with one attached hydrogen (secondary N) is 1. The number of halogens is 1. The van der Waals surface area contributed by atoms with E-state index in [0.717, 1.165) is 38.5 Å². The van der Waals surface area contributed by atoms with Gasteiger partial charge in [0.25, 0.3) is 0 Å². The number of rotatable bonds is 8.